The van der Waals surface area contributed by atoms with Crippen molar-refractivity contribution in [1.29, 1.82) is 0 Å². The van der Waals surface area contributed by atoms with Gasteiger partial charge in [-0.1, -0.05) is 46.6 Å². The van der Waals surface area contributed by atoms with Gasteiger partial charge in [0.2, 0.25) is 0 Å². The van der Waals surface area contributed by atoms with E-state index in [4.69, 9.17) is 28.0 Å². The minimum atomic E-state index is 0.391. The largest absolute Gasteiger partial charge is 0.336 e. The van der Waals surface area contributed by atoms with Crippen molar-refractivity contribution in [3.63, 3.8) is 0 Å². The van der Waals surface area contributed by atoms with Gasteiger partial charge in [0.05, 0.1) is 22.1 Å². The quantitative estimate of drug-likeness (QED) is 0.533. The van der Waals surface area contributed by atoms with Crippen molar-refractivity contribution >= 4 is 40.3 Å². The summed E-state index contributed by atoms with van der Waals surface area (Å²) in [5.74, 6) is 0.391. The van der Waals surface area contributed by atoms with Gasteiger partial charge in [0.15, 0.2) is 0 Å². The van der Waals surface area contributed by atoms with Crippen LogP contribution in [-0.2, 0) is 0 Å². The van der Waals surface area contributed by atoms with Crippen molar-refractivity contribution in [1.82, 2.24) is 9.97 Å². The van der Waals surface area contributed by atoms with Crippen LogP contribution in [0.3, 0.4) is 0 Å². The minimum Gasteiger partial charge on any atom is -0.336 e. The predicted octanol–water partition coefficient (Wildman–Crippen LogP) is 4.35. The van der Waals surface area contributed by atoms with Gasteiger partial charge in [-0.05, 0) is 24.3 Å². The Balaban J connectivity index is 1.84. The molecule has 0 saturated carbocycles. The van der Waals surface area contributed by atoms with Crippen molar-refractivity contribution in [3.8, 4) is 5.88 Å². The maximum Gasteiger partial charge on any atom is 0.259 e. The van der Waals surface area contributed by atoms with Crippen LogP contribution in [0.4, 0.5) is 0 Å². The number of fused-ring (bicyclic) bond motifs is 1. The molecule has 4 nitrogen and oxygen atoms in total. The molecule has 3 rings (SSSR count). The molecule has 0 spiro atoms. The number of rotatable bonds is 3. The van der Waals surface area contributed by atoms with E-state index in [1.54, 1.807) is 18.2 Å². The van der Waals surface area contributed by atoms with E-state index in [9.17, 15) is 0 Å². The molecular weight excluding hydrogens is 309 g/mol. The average Bonchev–Trinajstić information content (AvgIpc) is 2.50. The van der Waals surface area contributed by atoms with Gasteiger partial charge >= 0.3 is 0 Å². The van der Waals surface area contributed by atoms with E-state index in [1.165, 1.54) is 12.5 Å². The molecule has 0 bridgehead atoms. The lowest BCUT2D eigenvalue weighted by Gasteiger charge is -2.02. The van der Waals surface area contributed by atoms with E-state index in [0.717, 1.165) is 10.9 Å². The molecule has 0 unspecified atom stereocenters. The lowest BCUT2D eigenvalue weighted by Crippen LogP contribution is -1.92. The Hall–Kier alpha value is -2.17. The van der Waals surface area contributed by atoms with Crippen molar-refractivity contribution in [2.45, 2.75) is 0 Å². The van der Waals surface area contributed by atoms with Gasteiger partial charge in [-0.15, -0.1) is 0 Å². The second-order valence-electron chi connectivity index (χ2n) is 4.19. The maximum absolute atomic E-state index is 6.05. The van der Waals surface area contributed by atoms with Crippen LogP contribution in [0, 0.1) is 0 Å². The molecule has 0 fully saturated rings. The van der Waals surface area contributed by atoms with Crippen LogP contribution < -0.4 is 4.84 Å². The molecule has 3 aromatic rings. The zero-order chi connectivity index (χ0) is 14.7. The number of aromatic nitrogens is 2. The third kappa shape index (κ3) is 3.12. The van der Waals surface area contributed by atoms with Crippen molar-refractivity contribution in [2.24, 2.45) is 5.16 Å². The third-order valence-electron chi connectivity index (χ3n) is 2.80. The van der Waals surface area contributed by atoms with Crippen LogP contribution >= 0.6 is 23.2 Å². The van der Waals surface area contributed by atoms with Crippen LogP contribution in [0.15, 0.2) is 53.9 Å². The molecule has 21 heavy (non-hydrogen) atoms. The molecular formula is C15H9Cl2N3O. The molecule has 0 aliphatic heterocycles. The summed E-state index contributed by atoms with van der Waals surface area (Å²) in [4.78, 5) is 13.6. The first-order valence-electron chi connectivity index (χ1n) is 6.09. The summed E-state index contributed by atoms with van der Waals surface area (Å²) in [6, 6.07) is 12.7. The lowest BCUT2D eigenvalue weighted by atomic mass is 10.2. The molecule has 104 valence electrons. The monoisotopic (exact) mass is 317 g/mol. The van der Waals surface area contributed by atoms with E-state index in [1.807, 2.05) is 24.3 Å². The summed E-state index contributed by atoms with van der Waals surface area (Å²) < 4.78 is 0. The fourth-order valence-electron chi connectivity index (χ4n) is 1.79. The first-order valence-corrected chi connectivity index (χ1v) is 6.85. The first kappa shape index (κ1) is 13.8. The first-order chi connectivity index (χ1) is 10.2. The second kappa shape index (κ2) is 6.08. The number of oxime groups is 1. The van der Waals surface area contributed by atoms with E-state index in [-0.39, 0.29) is 0 Å². The second-order valence-corrected chi connectivity index (χ2v) is 5.03. The lowest BCUT2D eigenvalue weighted by molar-refractivity contribution is 0.334. The highest BCUT2D eigenvalue weighted by Gasteiger charge is 2.04. The van der Waals surface area contributed by atoms with Gasteiger partial charge < -0.3 is 4.84 Å². The average molecular weight is 318 g/mol. The fourth-order valence-corrected chi connectivity index (χ4v) is 2.25. The number of nitrogens with zero attached hydrogens (tertiary/aromatic N) is 3. The van der Waals surface area contributed by atoms with Gasteiger partial charge in [-0.2, -0.15) is 4.98 Å². The molecule has 0 atom stereocenters. The summed E-state index contributed by atoms with van der Waals surface area (Å²) in [7, 11) is 0. The van der Waals surface area contributed by atoms with Crippen LogP contribution in [0.2, 0.25) is 10.0 Å². The van der Waals surface area contributed by atoms with Crippen LogP contribution in [0.25, 0.3) is 10.9 Å². The topological polar surface area (TPSA) is 47.4 Å². The molecule has 0 radical (unpaired) electrons. The van der Waals surface area contributed by atoms with Gasteiger partial charge in [-0.25, -0.2) is 4.98 Å². The number of hydrogen-bond donors (Lipinski definition) is 0. The van der Waals surface area contributed by atoms with E-state index >= 15 is 0 Å². The van der Waals surface area contributed by atoms with Crippen LogP contribution in [-0.4, -0.2) is 16.2 Å². The van der Waals surface area contributed by atoms with Gasteiger partial charge in [0.25, 0.3) is 5.88 Å². The highest BCUT2D eigenvalue weighted by molar-refractivity contribution is 6.36. The fraction of sp³-hybridized carbons (Fsp3) is 0. The van der Waals surface area contributed by atoms with Crippen LogP contribution in [0.1, 0.15) is 5.56 Å². The SMILES string of the molecule is Clc1ccc(/C=N\Oc2ncnc3ccccc23)c(Cl)c1. The van der Waals surface area contributed by atoms with Crippen LogP contribution in [0.5, 0.6) is 5.88 Å². The number of hydrogen-bond acceptors (Lipinski definition) is 4. The molecule has 0 N–H and O–H groups in total. The summed E-state index contributed by atoms with van der Waals surface area (Å²) >= 11 is 11.9. The Morgan fingerprint density at radius 1 is 1.05 bits per heavy atom. The molecule has 1 aromatic heterocycles. The molecule has 0 saturated heterocycles. The Labute approximate surface area is 131 Å². The highest BCUT2D eigenvalue weighted by atomic mass is 35.5. The highest BCUT2D eigenvalue weighted by Crippen LogP contribution is 2.22. The van der Waals surface area contributed by atoms with Crippen molar-refractivity contribution in [3.05, 3.63) is 64.4 Å². The number of para-hydroxylation sites is 1. The molecule has 0 aliphatic rings. The Morgan fingerprint density at radius 3 is 2.76 bits per heavy atom. The maximum atomic E-state index is 6.05. The van der Waals surface area contributed by atoms with Gasteiger partial charge in [-0.3, -0.25) is 0 Å². The molecule has 1 heterocycles. The Kier molecular flexibility index (Phi) is 3.99. The Morgan fingerprint density at radius 2 is 1.90 bits per heavy atom. The third-order valence-corrected chi connectivity index (χ3v) is 3.36. The Bertz CT molecular complexity index is 816. The molecule has 0 aliphatic carbocycles. The summed E-state index contributed by atoms with van der Waals surface area (Å²) in [6.07, 6.45) is 2.94. The standard InChI is InChI=1S/C15H9Cl2N3O/c16-11-6-5-10(13(17)7-11)8-20-21-15-12-3-1-2-4-14(12)18-9-19-15/h1-9H/b20-8-. The molecule has 6 heteroatoms. The number of benzene rings is 2. The summed E-state index contributed by atoms with van der Waals surface area (Å²) in [5, 5.41) is 5.77. The smallest absolute Gasteiger partial charge is 0.259 e. The molecule has 2 aromatic carbocycles. The van der Waals surface area contributed by atoms with Gasteiger partial charge in [0, 0.05) is 10.6 Å². The summed E-state index contributed by atoms with van der Waals surface area (Å²) in [6.45, 7) is 0. The molecule has 0 amide bonds. The zero-order valence-corrected chi connectivity index (χ0v) is 12.2. The normalized spacial score (nSPS) is 11.1. The van der Waals surface area contributed by atoms with E-state index < -0.39 is 0 Å². The number of halogens is 2. The van der Waals surface area contributed by atoms with Gasteiger partial charge in [0.1, 0.15) is 6.33 Å². The van der Waals surface area contributed by atoms with Crippen molar-refractivity contribution in [2.75, 3.05) is 0 Å². The van der Waals surface area contributed by atoms with Crippen molar-refractivity contribution < 1.29 is 4.84 Å². The predicted molar refractivity (Wildman–Crippen MR) is 84.2 cm³/mol. The van der Waals surface area contributed by atoms with E-state index in [0.29, 0.717) is 21.5 Å². The zero-order valence-electron chi connectivity index (χ0n) is 10.7. The van der Waals surface area contributed by atoms with E-state index in [2.05, 4.69) is 15.1 Å². The minimum absolute atomic E-state index is 0.391. The summed E-state index contributed by atoms with van der Waals surface area (Å²) in [5.41, 5.74) is 1.50.